The van der Waals surface area contributed by atoms with Gasteiger partial charge in [-0.25, -0.2) is 9.78 Å². The summed E-state index contributed by atoms with van der Waals surface area (Å²) in [6.45, 7) is 1.97. The van der Waals surface area contributed by atoms with Crippen LogP contribution in [0.5, 0.6) is 0 Å². The van der Waals surface area contributed by atoms with Crippen LogP contribution in [0.2, 0.25) is 0 Å². The summed E-state index contributed by atoms with van der Waals surface area (Å²) >= 11 is 0. The van der Waals surface area contributed by atoms with E-state index in [9.17, 15) is 19.5 Å². The number of pyridine rings is 2. The summed E-state index contributed by atoms with van der Waals surface area (Å²) in [7, 11) is 1.17. The van der Waals surface area contributed by atoms with E-state index < -0.39 is 23.4 Å². The van der Waals surface area contributed by atoms with Crippen molar-refractivity contribution in [1.82, 2.24) is 9.55 Å². The van der Waals surface area contributed by atoms with Crippen molar-refractivity contribution in [2.75, 3.05) is 7.11 Å². The number of hydrogen-bond acceptors (Lipinski definition) is 5. The minimum atomic E-state index is -1.10. The zero-order chi connectivity index (χ0) is 20.0. The Morgan fingerprint density at radius 3 is 2.71 bits per heavy atom. The van der Waals surface area contributed by atoms with Crippen molar-refractivity contribution >= 4 is 22.8 Å². The lowest BCUT2D eigenvalue weighted by atomic mass is 9.92. The van der Waals surface area contributed by atoms with Gasteiger partial charge in [0.2, 0.25) is 0 Å². The van der Waals surface area contributed by atoms with E-state index >= 15 is 0 Å². The van der Waals surface area contributed by atoms with Gasteiger partial charge in [-0.3, -0.25) is 9.59 Å². The van der Waals surface area contributed by atoms with Gasteiger partial charge < -0.3 is 14.4 Å². The number of carboxylic acid groups (broad SMARTS) is 1. The number of rotatable bonds is 4. The van der Waals surface area contributed by atoms with Crippen molar-refractivity contribution in [1.29, 1.82) is 0 Å². The molecule has 4 rings (SSSR count). The molecule has 0 saturated heterocycles. The Bertz CT molecular complexity index is 1200. The van der Waals surface area contributed by atoms with E-state index in [1.165, 1.54) is 11.7 Å². The van der Waals surface area contributed by atoms with Gasteiger partial charge in [0.15, 0.2) is 0 Å². The standard InChI is InChI=1S/C21H18N2O5/c1-3-13(20(25)26)14-9-16-18-12(8-11-6-4-5-7-15(11)22-18)10-23(16)19(24)17(14)21(27)28-2/h4-9,13H,3,10H2,1-2H3,(H,25,26). The maximum absolute atomic E-state index is 13.1. The minimum absolute atomic E-state index is 0.168. The van der Waals surface area contributed by atoms with E-state index in [0.29, 0.717) is 11.4 Å². The number of esters is 1. The Balaban J connectivity index is 2.03. The number of nitrogens with zero attached hydrogens (tertiary/aromatic N) is 2. The van der Waals surface area contributed by atoms with E-state index in [1.54, 1.807) is 13.0 Å². The lowest BCUT2D eigenvalue weighted by Crippen LogP contribution is -2.30. The molecule has 0 bridgehead atoms. The van der Waals surface area contributed by atoms with Crippen LogP contribution in [-0.4, -0.2) is 33.7 Å². The molecule has 0 saturated carbocycles. The van der Waals surface area contributed by atoms with Gasteiger partial charge in [0.25, 0.3) is 5.56 Å². The van der Waals surface area contributed by atoms with Crippen molar-refractivity contribution in [3.05, 3.63) is 63.4 Å². The molecule has 1 aromatic carbocycles. The first-order chi connectivity index (χ1) is 13.5. The Morgan fingerprint density at radius 2 is 2.04 bits per heavy atom. The second-order valence-electron chi connectivity index (χ2n) is 6.73. The molecular weight excluding hydrogens is 360 g/mol. The Hall–Kier alpha value is -3.48. The molecule has 3 heterocycles. The zero-order valence-corrected chi connectivity index (χ0v) is 15.4. The highest BCUT2D eigenvalue weighted by Crippen LogP contribution is 2.34. The number of aliphatic carboxylic acids is 1. The third-order valence-corrected chi connectivity index (χ3v) is 5.18. The van der Waals surface area contributed by atoms with Gasteiger partial charge in [-0.05, 0) is 30.2 Å². The van der Waals surface area contributed by atoms with E-state index in [0.717, 1.165) is 16.5 Å². The molecule has 1 unspecified atom stereocenters. The molecule has 7 heteroatoms. The summed E-state index contributed by atoms with van der Waals surface area (Å²) in [4.78, 5) is 41.9. The summed E-state index contributed by atoms with van der Waals surface area (Å²) < 4.78 is 6.23. The molecule has 0 radical (unpaired) electrons. The fraction of sp³-hybridized carbons (Fsp3) is 0.238. The highest BCUT2D eigenvalue weighted by atomic mass is 16.5. The molecule has 1 N–H and O–H groups in total. The molecule has 142 valence electrons. The molecule has 7 nitrogen and oxygen atoms in total. The van der Waals surface area contributed by atoms with E-state index in [4.69, 9.17) is 4.74 Å². The molecule has 28 heavy (non-hydrogen) atoms. The first-order valence-electron chi connectivity index (χ1n) is 8.94. The average Bonchev–Trinajstić information content (AvgIpc) is 3.04. The average molecular weight is 378 g/mol. The number of ether oxygens (including phenoxy) is 1. The Kier molecular flexibility index (Phi) is 4.22. The van der Waals surface area contributed by atoms with E-state index in [1.807, 2.05) is 30.3 Å². The summed E-state index contributed by atoms with van der Waals surface area (Å²) in [5.74, 6) is -2.91. The molecule has 1 aliphatic rings. The largest absolute Gasteiger partial charge is 0.481 e. The lowest BCUT2D eigenvalue weighted by molar-refractivity contribution is -0.138. The van der Waals surface area contributed by atoms with Gasteiger partial charge in [0, 0.05) is 10.9 Å². The molecule has 3 aromatic rings. The van der Waals surface area contributed by atoms with Crippen molar-refractivity contribution in [3.63, 3.8) is 0 Å². The summed E-state index contributed by atoms with van der Waals surface area (Å²) in [5.41, 5.74) is 2.18. The number of methoxy groups -OCH3 is 1. The van der Waals surface area contributed by atoms with Gasteiger partial charge in [-0.1, -0.05) is 25.1 Å². The van der Waals surface area contributed by atoms with Crippen molar-refractivity contribution in [2.24, 2.45) is 0 Å². The predicted molar refractivity (Wildman–Crippen MR) is 103 cm³/mol. The van der Waals surface area contributed by atoms with Crippen LogP contribution in [0.25, 0.3) is 22.3 Å². The third-order valence-electron chi connectivity index (χ3n) is 5.18. The molecule has 0 amide bonds. The number of benzene rings is 1. The van der Waals surface area contributed by atoms with Crippen molar-refractivity contribution < 1.29 is 19.4 Å². The van der Waals surface area contributed by atoms with Gasteiger partial charge >= 0.3 is 11.9 Å². The highest BCUT2D eigenvalue weighted by molar-refractivity contribution is 5.94. The molecule has 0 spiro atoms. The second kappa shape index (κ2) is 6.60. The van der Waals surface area contributed by atoms with Gasteiger partial charge in [0.1, 0.15) is 5.56 Å². The van der Waals surface area contributed by atoms with Crippen molar-refractivity contribution in [2.45, 2.75) is 25.8 Å². The van der Waals surface area contributed by atoms with Crippen LogP contribution in [0.1, 0.15) is 40.7 Å². The van der Waals surface area contributed by atoms with E-state index in [-0.39, 0.29) is 24.1 Å². The van der Waals surface area contributed by atoms with Crippen LogP contribution in [0, 0.1) is 0 Å². The molecule has 1 atom stereocenters. The van der Waals surface area contributed by atoms with Crippen LogP contribution >= 0.6 is 0 Å². The predicted octanol–water partition coefficient (Wildman–Crippen LogP) is 2.79. The molecule has 2 aromatic heterocycles. The van der Waals surface area contributed by atoms with Crippen LogP contribution in [-0.2, 0) is 16.1 Å². The number of carbonyl (C=O) groups excluding carboxylic acids is 1. The normalized spacial score (nSPS) is 13.1. The number of hydrogen-bond donors (Lipinski definition) is 1. The highest BCUT2D eigenvalue weighted by Gasteiger charge is 2.32. The minimum Gasteiger partial charge on any atom is -0.481 e. The summed E-state index contributed by atoms with van der Waals surface area (Å²) in [6, 6.07) is 11.2. The van der Waals surface area contributed by atoms with Crippen molar-refractivity contribution in [3.8, 4) is 11.4 Å². The van der Waals surface area contributed by atoms with E-state index in [2.05, 4.69) is 4.98 Å². The number of carboxylic acids is 1. The Labute approximate surface area is 160 Å². The molecule has 0 fully saturated rings. The molecule has 1 aliphatic heterocycles. The third kappa shape index (κ3) is 2.58. The van der Waals surface area contributed by atoms with Crippen LogP contribution in [0.4, 0.5) is 0 Å². The number of para-hydroxylation sites is 1. The SMILES string of the molecule is CCC(C(=O)O)c1cc2n(c(=O)c1C(=O)OC)Cc1cc3ccccc3nc1-2. The Morgan fingerprint density at radius 1 is 1.29 bits per heavy atom. The maximum Gasteiger partial charge on any atom is 0.343 e. The summed E-state index contributed by atoms with van der Waals surface area (Å²) in [6.07, 6.45) is 0.236. The van der Waals surface area contributed by atoms with Crippen LogP contribution in [0.15, 0.2) is 41.2 Å². The zero-order valence-electron chi connectivity index (χ0n) is 15.4. The van der Waals surface area contributed by atoms with Gasteiger partial charge in [-0.15, -0.1) is 0 Å². The molecular formula is C21H18N2O5. The number of fused-ring (bicyclic) bond motifs is 4. The second-order valence-corrected chi connectivity index (χ2v) is 6.73. The number of aromatic nitrogens is 2. The smallest absolute Gasteiger partial charge is 0.343 e. The van der Waals surface area contributed by atoms with Crippen LogP contribution in [0.3, 0.4) is 0 Å². The summed E-state index contributed by atoms with van der Waals surface area (Å²) in [5, 5.41) is 10.6. The monoisotopic (exact) mass is 378 g/mol. The fourth-order valence-corrected chi connectivity index (χ4v) is 3.80. The number of carbonyl (C=O) groups is 2. The fourth-order valence-electron chi connectivity index (χ4n) is 3.80. The molecule has 0 aliphatic carbocycles. The topological polar surface area (TPSA) is 98.5 Å². The van der Waals surface area contributed by atoms with Crippen LogP contribution < -0.4 is 5.56 Å². The first kappa shape index (κ1) is 17.9. The maximum atomic E-state index is 13.1. The van der Waals surface area contributed by atoms with Gasteiger partial charge in [-0.2, -0.15) is 0 Å². The quantitative estimate of drug-likeness (QED) is 0.548. The van der Waals surface area contributed by atoms with Gasteiger partial charge in [0.05, 0.1) is 36.5 Å². The first-order valence-corrected chi connectivity index (χ1v) is 8.94. The lowest BCUT2D eigenvalue weighted by Gasteiger charge is -2.16.